The van der Waals surface area contributed by atoms with Crippen LogP contribution >= 0.6 is 11.8 Å². The van der Waals surface area contributed by atoms with E-state index in [-0.39, 0.29) is 6.04 Å². The van der Waals surface area contributed by atoms with E-state index in [1.807, 2.05) is 18.0 Å². The first-order valence-corrected chi connectivity index (χ1v) is 11.4. The van der Waals surface area contributed by atoms with Crippen molar-refractivity contribution in [2.45, 2.75) is 64.6 Å². The summed E-state index contributed by atoms with van der Waals surface area (Å²) in [6.45, 7) is 9.28. The first kappa shape index (κ1) is 24.7. The van der Waals surface area contributed by atoms with Gasteiger partial charge in [-0.3, -0.25) is 0 Å². The van der Waals surface area contributed by atoms with E-state index in [0.717, 1.165) is 36.8 Å². The lowest BCUT2D eigenvalue weighted by molar-refractivity contribution is -0.137. The Balaban J connectivity index is 2.45. The van der Waals surface area contributed by atoms with Crippen LogP contribution in [-0.2, 0) is 12.6 Å². The van der Waals surface area contributed by atoms with Crippen molar-refractivity contribution in [1.82, 2.24) is 4.90 Å². The molecule has 0 fully saturated rings. The summed E-state index contributed by atoms with van der Waals surface area (Å²) in [5.41, 5.74) is 0.145. The predicted octanol–water partition coefficient (Wildman–Crippen LogP) is 7.34. The number of hydrogen-bond donors (Lipinski definition) is 0. The molecule has 0 spiro atoms. The number of thioether (sulfide) groups is 1. The molecule has 0 aliphatic heterocycles. The van der Waals surface area contributed by atoms with Crippen LogP contribution in [0.4, 0.5) is 13.2 Å². The van der Waals surface area contributed by atoms with Crippen LogP contribution in [0.15, 0.2) is 49.2 Å². The second-order valence-corrected chi connectivity index (χ2v) is 8.11. The lowest BCUT2D eigenvalue weighted by Crippen LogP contribution is -2.30. The molecule has 0 N–H and O–H groups in total. The van der Waals surface area contributed by atoms with Gasteiger partial charge in [0.1, 0.15) is 0 Å². The molecule has 1 nitrogen and oxygen atoms in total. The minimum Gasteiger partial charge on any atom is -0.371 e. The van der Waals surface area contributed by atoms with E-state index in [1.165, 1.54) is 37.1 Å². The number of benzene rings is 1. The summed E-state index contributed by atoms with van der Waals surface area (Å²) in [6.07, 6.45) is 8.01. The zero-order valence-electron chi connectivity index (χ0n) is 17.2. The average molecular weight is 414 g/mol. The lowest BCUT2D eigenvalue weighted by atomic mass is 10.1. The van der Waals surface area contributed by atoms with Gasteiger partial charge < -0.3 is 4.90 Å². The number of aryl methyl sites for hydroxylation is 1. The average Bonchev–Trinajstić information content (AvgIpc) is 2.68. The fraction of sp³-hybridized carbons (Fsp3) is 0.565. The summed E-state index contributed by atoms with van der Waals surface area (Å²) >= 11 is 1.99. The van der Waals surface area contributed by atoms with Gasteiger partial charge in [-0.1, -0.05) is 63.6 Å². The van der Waals surface area contributed by atoms with Gasteiger partial charge in [0.25, 0.3) is 0 Å². The molecule has 0 aromatic heterocycles. The monoisotopic (exact) mass is 413 g/mol. The Labute approximate surface area is 173 Å². The Kier molecular flexibility index (Phi) is 12.1. The lowest BCUT2D eigenvalue weighted by Gasteiger charge is -2.27. The Morgan fingerprint density at radius 1 is 1.18 bits per heavy atom. The highest BCUT2D eigenvalue weighted by atomic mass is 32.2. The van der Waals surface area contributed by atoms with Crippen molar-refractivity contribution >= 4 is 11.8 Å². The summed E-state index contributed by atoms with van der Waals surface area (Å²) in [5, 5.41) is 0. The molecule has 1 unspecified atom stereocenters. The van der Waals surface area contributed by atoms with Crippen molar-refractivity contribution in [2.75, 3.05) is 18.1 Å². The van der Waals surface area contributed by atoms with E-state index in [2.05, 4.69) is 37.5 Å². The molecule has 0 amide bonds. The SMILES string of the molecule is C=CN(CCSCCCCC)C(/C=C/CCc1cccc(C(F)(F)F)c1)CC. The third-order valence-electron chi connectivity index (χ3n) is 4.68. The van der Waals surface area contributed by atoms with Gasteiger partial charge >= 0.3 is 6.18 Å². The van der Waals surface area contributed by atoms with Crippen molar-refractivity contribution in [3.05, 3.63) is 60.3 Å². The standard InChI is InChI=1S/C23H34F3NS/c1-4-7-10-17-28-18-16-27(6-3)22(5-2)15-9-8-12-20-13-11-14-21(19-20)23(24,25)26/h6,9,11,13-15,19,22H,3-5,7-8,10,12,16-18H2,1-2H3/b15-9+. The van der Waals surface area contributed by atoms with Crippen LogP contribution < -0.4 is 0 Å². The maximum absolute atomic E-state index is 12.8. The largest absolute Gasteiger partial charge is 0.416 e. The number of allylic oxidation sites excluding steroid dienone is 1. The molecule has 0 aliphatic rings. The number of alkyl halides is 3. The van der Waals surface area contributed by atoms with Crippen LogP contribution in [0.2, 0.25) is 0 Å². The fourth-order valence-corrected chi connectivity index (χ4v) is 3.96. The van der Waals surface area contributed by atoms with Crippen molar-refractivity contribution in [1.29, 1.82) is 0 Å². The Hall–Kier alpha value is -1.36. The molecule has 1 atom stereocenters. The van der Waals surface area contributed by atoms with E-state index < -0.39 is 11.7 Å². The summed E-state index contributed by atoms with van der Waals surface area (Å²) in [7, 11) is 0. The number of unbranched alkanes of at least 4 members (excludes halogenated alkanes) is 2. The van der Waals surface area contributed by atoms with Crippen LogP contribution in [0, 0.1) is 0 Å². The van der Waals surface area contributed by atoms with Gasteiger partial charge in [0.05, 0.1) is 5.56 Å². The van der Waals surface area contributed by atoms with Gasteiger partial charge in [-0.05, 0) is 49.3 Å². The van der Waals surface area contributed by atoms with Gasteiger partial charge in [-0.2, -0.15) is 24.9 Å². The van der Waals surface area contributed by atoms with E-state index in [4.69, 9.17) is 0 Å². The molecule has 0 radical (unpaired) electrons. The molecule has 1 aromatic carbocycles. The normalized spacial score (nSPS) is 13.0. The van der Waals surface area contributed by atoms with Crippen molar-refractivity contribution < 1.29 is 13.2 Å². The van der Waals surface area contributed by atoms with Gasteiger partial charge in [0, 0.05) is 18.3 Å². The van der Waals surface area contributed by atoms with Crippen LogP contribution in [0.3, 0.4) is 0 Å². The maximum Gasteiger partial charge on any atom is 0.416 e. The molecule has 0 bridgehead atoms. The third-order valence-corrected chi connectivity index (χ3v) is 5.73. The molecule has 0 heterocycles. The molecule has 1 rings (SSSR count). The Morgan fingerprint density at radius 2 is 1.96 bits per heavy atom. The predicted molar refractivity (Wildman–Crippen MR) is 117 cm³/mol. The molecule has 1 aromatic rings. The zero-order valence-corrected chi connectivity index (χ0v) is 18.0. The molecule has 0 aliphatic carbocycles. The van der Waals surface area contributed by atoms with Crippen molar-refractivity contribution in [3.8, 4) is 0 Å². The first-order chi connectivity index (χ1) is 13.4. The maximum atomic E-state index is 12.8. The molecule has 158 valence electrons. The summed E-state index contributed by atoms with van der Waals surface area (Å²) in [6, 6.07) is 5.89. The van der Waals surface area contributed by atoms with Crippen LogP contribution in [0.25, 0.3) is 0 Å². The zero-order chi connectivity index (χ0) is 20.8. The molecule has 28 heavy (non-hydrogen) atoms. The van der Waals surface area contributed by atoms with Crippen LogP contribution in [0.1, 0.15) is 57.1 Å². The minimum atomic E-state index is -4.28. The van der Waals surface area contributed by atoms with E-state index >= 15 is 0 Å². The highest BCUT2D eigenvalue weighted by Crippen LogP contribution is 2.29. The van der Waals surface area contributed by atoms with Crippen LogP contribution in [0.5, 0.6) is 0 Å². The number of rotatable bonds is 14. The topological polar surface area (TPSA) is 3.24 Å². The van der Waals surface area contributed by atoms with Crippen molar-refractivity contribution in [2.24, 2.45) is 0 Å². The van der Waals surface area contributed by atoms with Gasteiger partial charge in [-0.25, -0.2) is 0 Å². The van der Waals surface area contributed by atoms with Crippen LogP contribution in [-0.4, -0.2) is 29.0 Å². The van der Waals surface area contributed by atoms with E-state index in [0.29, 0.717) is 6.42 Å². The first-order valence-electron chi connectivity index (χ1n) is 10.2. The van der Waals surface area contributed by atoms with Gasteiger partial charge in [-0.15, -0.1) is 0 Å². The quantitative estimate of drug-likeness (QED) is 0.232. The van der Waals surface area contributed by atoms with Gasteiger partial charge in [0.15, 0.2) is 0 Å². The number of halogens is 3. The summed E-state index contributed by atoms with van der Waals surface area (Å²) in [5.74, 6) is 2.30. The number of hydrogen-bond acceptors (Lipinski definition) is 2. The van der Waals surface area contributed by atoms with E-state index in [1.54, 1.807) is 6.07 Å². The minimum absolute atomic E-state index is 0.287. The number of nitrogens with zero attached hydrogens (tertiary/aromatic N) is 1. The summed E-state index contributed by atoms with van der Waals surface area (Å²) in [4.78, 5) is 2.26. The summed E-state index contributed by atoms with van der Waals surface area (Å²) < 4.78 is 38.4. The molecular formula is C23H34F3NS. The fourth-order valence-electron chi connectivity index (χ4n) is 3.01. The third kappa shape index (κ3) is 9.72. The van der Waals surface area contributed by atoms with Gasteiger partial charge in [0.2, 0.25) is 0 Å². The van der Waals surface area contributed by atoms with Crippen molar-refractivity contribution in [3.63, 3.8) is 0 Å². The molecule has 0 saturated heterocycles. The smallest absolute Gasteiger partial charge is 0.371 e. The molecular weight excluding hydrogens is 379 g/mol. The Bertz CT molecular complexity index is 583. The molecule has 0 saturated carbocycles. The second kappa shape index (κ2) is 13.8. The highest BCUT2D eigenvalue weighted by molar-refractivity contribution is 7.99. The second-order valence-electron chi connectivity index (χ2n) is 6.88. The molecule has 5 heteroatoms. The van der Waals surface area contributed by atoms with E-state index in [9.17, 15) is 13.2 Å². The Morgan fingerprint density at radius 3 is 2.61 bits per heavy atom. The highest BCUT2D eigenvalue weighted by Gasteiger charge is 2.30.